The van der Waals surface area contributed by atoms with Crippen LogP contribution in [0.25, 0.3) is 11.3 Å². The summed E-state index contributed by atoms with van der Waals surface area (Å²) in [6.45, 7) is 0. The summed E-state index contributed by atoms with van der Waals surface area (Å²) in [4.78, 5) is 1.09. The van der Waals surface area contributed by atoms with Gasteiger partial charge in [0.15, 0.2) is 0 Å². The van der Waals surface area contributed by atoms with E-state index in [4.69, 9.17) is 4.52 Å². The van der Waals surface area contributed by atoms with Crippen LogP contribution in [0.15, 0.2) is 110 Å². The lowest BCUT2D eigenvalue weighted by atomic mass is 10.1. The van der Waals surface area contributed by atoms with Crippen molar-refractivity contribution in [1.82, 2.24) is 5.16 Å². The fraction of sp³-hybridized carbons (Fsp3) is 0. The van der Waals surface area contributed by atoms with Crippen molar-refractivity contribution in [2.45, 2.75) is 14.9 Å². The molecule has 140 valence electrons. The van der Waals surface area contributed by atoms with Gasteiger partial charge in [-0.25, -0.2) is 8.42 Å². The Morgan fingerprint density at radius 2 is 1.36 bits per heavy atom. The van der Waals surface area contributed by atoms with E-state index < -0.39 is 10.0 Å². The normalized spacial score (nSPS) is 11.3. The minimum absolute atomic E-state index is 0.172. The number of anilines is 1. The summed E-state index contributed by atoms with van der Waals surface area (Å²) in [7, 11) is -3.79. The Morgan fingerprint density at radius 3 is 2.00 bits per heavy atom. The van der Waals surface area contributed by atoms with E-state index in [0.717, 1.165) is 10.5 Å². The fourth-order valence-electron chi connectivity index (χ4n) is 2.62. The van der Waals surface area contributed by atoms with E-state index in [2.05, 4.69) is 9.88 Å². The summed E-state index contributed by atoms with van der Waals surface area (Å²) < 4.78 is 34.0. The molecule has 0 aliphatic rings. The summed E-state index contributed by atoms with van der Waals surface area (Å²) in [5.41, 5.74) is 1.53. The van der Waals surface area contributed by atoms with Crippen molar-refractivity contribution in [3.8, 4) is 11.3 Å². The zero-order valence-corrected chi connectivity index (χ0v) is 16.3. The zero-order chi connectivity index (χ0) is 19.4. The van der Waals surface area contributed by atoms with Gasteiger partial charge in [0, 0.05) is 10.5 Å². The summed E-state index contributed by atoms with van der Waals surface area (Å²) in [5, 5.41) is 4.52. The molecule has 0 aliphatic heterocycles. The minimum Gasteiger partial charge on any atom is -0.347 e. The molecule has 0 spiro atoms. The van der Waals surface area contributed by atoms with Crippen LogP contribution in [0.3, 0.4) is 0 Å². The molecule has 0 amide bonds. The lowest BCUT2D eigenvalue weighted by molar-refractivity contribution is 0.353. The van der Waals surface area contributed by atoms with Crippen molar-refractivity contribution in [3.05, 3.63) is 91.0 Å². The molecule has 4 rings (SSSR count). The Balaban J connectivity index is 1.77. The van der Waals surface area contributed by atoms with Crippen molar-refractivity contribution in [1.29, 1.82) is 0 Å². The van der Waals surface area contributed by atoms with Crippen molar-refractivity contribution in [3.63, 3.8) is 0 Å². The highest BCUT2D eigenvalue weighted by Crippen LogP contribution is 2.40. The highest BCUT2D eigenvalue weighted by Gasteiger charge is 2.24. The number of sulfonamides is 1. The number of aromatic nitrogens is 1. The molecular formula is C21H16N2O3S2. The van der Waals surface area contributed by atoms with Crippen molar-refractivity contribution < 1.29 is 12.9 Å². The first-order valence-electron chi connectivity index (χ1n) is 8.49. The van der Waals surface area contributed by atoms with Gasteiger partial charge in [-0.1, -0.05) is 71.9 Å². The van der Waals surface area contributed by atoms with E-state index in [1.165, 1.54) is 11.8 Å². The third kappa shape index (κ3) is 3.95. The van der Waals surface area contributed by atoms with Crippen molar-refractivity contribution >= 4 is 27.5 Å². The summed E-state index contributed by atoms with van der Waals surface area (Å²) in [6, 6.07) is 27.1. The second-order valence-corrected chi connectivity index (χ2v) is 8.62. The molecule has 5 nitrogen and oxygen atoms in total. The standard InChI is InChI=1S/C21H16N2O3S2/c24-28(25,18-14-8-3-9-15-18)23-20-19(16-10-4-1-5-11-16)22-26-21(20)27-17-12-6-2-7-13-17/h1-15,23H. The van der Waals surface area contributed by atoms with Gasteiger partial charge in [0.2, 0.25) is 5.09 Å². The Kier molecular flexibility index (Phi) is 5.18. The predicted molar refractivity (Wildman–Crippen MR) is 110 cm³/mol. The molecular weight excluding hydrogens is 392 g/mol. The first kappa shape index (κ1) is 18.3. The van der Waals surface area contributed by atoms with Gasteiger partial charge in [-0.15, -0.1) is 0 Å². The van der Waals surface area contributed by atoms with E-state index in [0.29, 0.717) is 16.5 Å². The topological polar surface area (TPSA) is 72.2 Å². The van der Waals surface area contributed by atoms with E-state index in [1.54, 1.807) is 30.3 Å². The van der Waals surface area contributed by atoms with Crippen LogP contribution in [0.2, 0.25) is 0 Å². The van der Waals surface area contributed by atoms with E-state index >= 15 is 0 Å². The Hall–Kier alpha value is -3.03. The number of hydrogen-bond donors (Lipinski definition) is 1. The molecule has 4 aromatic rings. The average Bonchev–Trinajstić information content (AvgIpc) is 3.11. The van der Waals surface area contributed by atoms with E-state index in [-0.39, 0.29) is 4.90 Å². The summed E-state index contributed by atoms with van der Waals surface area (Å²) >= 11 is 1.31. The maximum Gasteiger partial charge on any atom is 0.262 e. The largest absolute Gasteiger partial charge is 0.347 e. The molecule has 3 aromatic carbocycles. The van der Waals surface area contributed by atoms with Gasteiger partial charge in [0.1, 0.15) is 11.4 Å². The first-order chi connectivity index (χ1) is 13.6. The highest BCUT2D eigenvalue weighted by atomic mass is 32.2. The predicted octanol–water partition coefficient (Wildman–Crippen LogP) is 5.29. The molecule has 0 atom stereocenters. The third-order valence-corrected chi connectivity index (χ3v) is 6.29. The van der Waals surface area contributed by atoms with Crippen LogP contribution in [-0.4, -0.2) is 13.6 Å². The van der Waals surface area contributed by atoms with Crippen LogP contribution in [0, 0.1) is 0 Å². The average molecular weight is 409 g/mol. The van der Waals surface area contributed by atoms with Gasteiger partial charge in [-0.05, 0) is 36.0 Å². The smallest absolute Gasteiger partial charge is 0.262 e. The van der Waals surface area contributed by atoms with Gasteiger partial charge in [-0.3, -0.25) is 4.72 Å². The fourth-order valence-corrected chi connectivity index (χ4v) is 4.60. The Labute approximate surface area is 167 Å². The number of nitrogens with one attached hydrogen (secondary N) is 1. The van der Waals surface area contributed by atoms with E-state index in [1.807, 2.05) is 60.7 Å². The van der Waals surface area contributed by atoms with Crippen LogP contribution < -0.4 is 4.72 Å². The molecule has 0 aliphatic carbocycles. The molecule has 0 fully saturated rings. The molecule has 0 bridgehead atoms. The minimum atomic E-state index is -3.79. The molecule has 1 aromatic heterocycles. The summed E-state index contributed by atoms with van der Waals surface area (Å²) in [6.07, 6.45) is 0. The molecule has 0 saturated heterocycles. The van der Waals surface area contributed by atoms with Crippen LogP contribution in [0.4, 0.5) is 5.69 Å². The van der Waals surface area contributed by atoms with Crippen LogP contribution in [0.5, 0.6) is 0 Å². The maximum atomic E-state index is 12.9. The molecule has 0 radical (unpaired) electrons. The van der Waals surface area contributed by atoms with Crippen molar-refractivity contribution in [2.24, 2.45) is 0 Å². The Morgan fingerprint density at radius 1 is 0.786 bits per heavy atom. The third-order valence-electron chi connectivity index (χ3n) is 3.95. The van der Waals surface area contributed by atoms with Gasteiger partial charge < -0.3 is 4.52 Å². The maximum absolute atomic E-state index is 12.9. The lowest BCUT2D eigenvalue weighted by Crippen LogP contribution is -2.13. The van der Waals surface area contributed by atoms with Crippen LogP contribution in [-0.2, 0) is 10.0 Å². The number of hydrogen-bond acceptors (Lipinski definition) is 5. The number of nitrogens with zero attached hydrogens (tertiary/aromatic N) is 1. The molecule has 1 heterocycles. The quantitative estimate of drug-likeness (QED) is 0.469. The van der Waals surface area contributed by atoms with Gasteiger partial charge in [-0.2, -0.15) is 0 Å². The highest BCUT2D eigenvalue weighted by molar-refractivity contribution is 7.99. The Bertz CT molecular complexity index is 1160. The van der Waals surface area contributed by atoms with Crippen LogP contribution in [0.1, 0.15) is 0 Å². The SMILES string of the molecule is O=S(=O)(Nc1c(-c2ccccc2)noc1Sc1ccccc1)c1ccccc1. The van der Waals surface area contributed by atoms with Gasteiger partial charge in [0.05, 0.1) is 4.90 Å². The van der Waals surface area contributed by atoms with E-state index in [9.17, 15) is 8.42 Å². The number of benzene rings is 3. The lowest BCUT2D eigenvalue weighted by Gasteiger charge is -2.09. The number of rotatable bonds is 6. The summed E-state index contributed by atoms with van der Waals surface area (Å²) in [5.74, 6) is 0. The van der Waals surface area contributed by atoms with Gasteiger partial charge in [0.25, 0.3) is 10.0 Å². The van der Waals surface area contributed by atoms with Crippen molar-refractivity contribution in [2.75, 3.05) is 4.72 Å². The molecule has 0 saturated carbocycles. The second kappa shape index (κ2) is 7.92. The second-order valence-electron chi connectivity index (χ2n) is 5.89. The molecule has 1 N–H and O–H groups in total. The monoisotopic (exact) mass is 408 g/mol. The first-order valence-corrected chi connectivity index (χ1v) is 10.8. The molecule has 7 heteroatoms. The molecule has 28 heavy (non-hydrogen) atoms. The van der Waals surface area contributed by atoms with Gasteiger partial charge >= 0.3 is 0 Å². The molecule has 0 unspecified atom stereocenters. The van der Waals surface area contributed by atoms with Crippen LogP contribution >= 0.6 is 11.8 Å². The zero-order valence-electron chi connectivity index (χ0n) is 14.6.